The third kappa shape index (κ3) is 8.48. The largest absolute Gasteiger partial charge is 0.491 e. The van der Waals surface area contributed by atoms with Crippen molar-refractivity contribution in [2.75, 3.05) is 42.3 Å². The lowest BCUT2D eigenvalue weighted by atomic mass is 9.99. The molecule has 1 fully saturated rings. The highest BCUT2D eigenvalue weighted by atomic mass is 32.2. The van der Waals surface area contributed by atoms with Crippen LogP contribution in [0, 0.1) is 0 Å². The molecule has 2 heterocycles. The van der Waals surface area contributed by atoms with Gasteiger partial charge in [0, 0.05) is 54.0 Å². The maximum atomic E-state index is 14.5. The SMILES string of the molecule is CCOc1cc(C(Nc2ccc3c(N)nccc3c2)(OC(=O)C(F)(F)F)C(=O)NCc2ccccc2S(=O)(=O)N2CCSCC2)ccc1OC(C)C. The first kappa shape index (κ1) is 38.5. The van der Waals surface area contributed by atoms with Gasteiger partial charge in [0.15, 0.2) is 11.5 Å². The number of aromatic nitrogens is 1. The lowest BCUT2D eigenvalue weighted by Gasteiger charge is -2.35. The van der Waals surface area contributed by atoms with Crippen molar-refractivity contribution in [3.05, 3.63) is 84.1 Å². The molecule has 4 N–H and O–H groups in total. The molecule has 278 valence electrons. The van der Waals surface area contributed by atoms with E-state index in [2.05, 4.69) is 15.6 Å². The third-order valence-electron chi connectivity index (χ3n) is 7.93. The summed E-state index contributed by atoms with van der Waals surface area (Å²) in [6.07, 6.45) is -4.41. The molecule has 3 aromatic carbocycles. The Morgan fingerprint density at radius 1 is 1.02 bits per heavy atom. The van der Waals surface area contributed by atoms with Crippen LogP contribution in [-0.4, -0.2) is 73.1 Å². The summed E-state index contributed by atoms with van der Waals surface area (Å²) in [6, 6.07) is 15.9. The summed E-state index contributed by atoms with van der Waals surface area (Å²) in [4.78, 5) is 31.2. The smallest absolute Gasteiger partial charge is 0.490 e. The highest BCUT2D eigenvalue weighted by Gasteiger charge is 2.52. The molecule has 0 bridgehead atoms. The quantitative estimate of drug-likeness (QED) is 0.118. The first-order valence-corrected chi connectivity index (χ1v) is 18.9. The molecule has 1 aromatic heterocycles. The molecule has 0 radical (unpaired) electrons. The highest BCUT2D eigenvalue weighted by Crippen LogP contribution is 2.38. The number of fused-ring (bicyclic) bond motifs is 1. The van der Waals surface area contributed by atoms with Crippen molar-refractivity contribution in [3.8, 4) is 11.5 Å². The number of sulfonamides is 1. The average Bonchev–Trinajstić information content (AvgIpc) is 3.11. The Bertz CT molecular complexity index is 2040. The number of amides is 1. The van der Waals surface area contributed by atoms with E-state index in [1.54, 1.807) is 50.7 Å². The molecule has 5 rings (SSSR count). The van der Waals surface area contributed by atoms with Gasteiger partial charge < -0.3 is 30.6 Å². The van der Waals surface area contributed by atoms with Gasteiger partial charge in [0.05, 0.1) is 17.6 Å². The minimum absolute atomic E-state index is 0.0595. The number of carbonyl (C=O) groups is 2. The van der Waals surface area contributed by atoms with E-state index in [-0.39, 0.29) is 51.7 Å². The Labute approximate surface area is 303 Å². The number of nitrogen functional groups attached to an aromatic ring is 1. The predicted octanol–water partition coefficient (Wildman–Crippen LogP) is 5.43. The zero-order valence-corrected chi connectivity index (χ0v) is 30.2. The second-order valence-electron chi connectivity index (χ2n) is 11.9. The molecular weight excluding hydrogens is 724 g/mol. The monoisotopic (exact) mass is 761 g/mol. The number of carbonyl (C=O) groups excluding carboxylic acids is 2. The van der Waals surface area contributed by atoms with Gasteiger partial charge in [-0.3, -0.25) is 4.79 Å². The number of thioether (sulfide) groups is 1. The summed E-state index contributed by atoms with van der Waals surface area (Å²) in [5.41, 5.74) is 3.06. The molecule has 0 spiro atoms. The number of hydrogen-bond acceptors (Lipinski definition) is 11. The van der Waals surface area contributed by atoms with E-state index in [0.29, 0.717) is 35.4 Å². The molecule has 1 atom stereocenters. The molecular formula is C35H38F3N5O7S2. The standard InChI is InChI=1S/C35H38F3N5O7S2/c1-4-48-29-20-25(9-12-28(29)49-22(2)3)34(50-33(45)35(36,37)38,42-26-10-11-27-23(19-26)13-14-40-31(27)39)32(44)41-21-24-7-5-6-8-30(24)52(46,47)43-15-17-51-18-16-43/h5-14,19-20,22,42H,4,15-18,21H2,1-3H3,(H2,39,40)(H,41,44). The van der Waals surface area contributed by atoms with E-state index in [0.717, 1.165) is 0 Å². The van der Waals surface area contributed by atoms with Crippen LogP contribution < -0.4 is 25.8 Å². The van der Waals surface area contributed by atoms with Crippen LogP contribution in [0.4, 0.5) is 24.7 Å². The molecule has 4 aromatic rings. The Morgan fingerprint density at radius 3 is 2.44 bits per heavy atom. The van der Waals surface area contributed by atoms with Crippen molar-refractivity contribution in [1.82, 2.24) is 14.6 Å². The van der Waals surface area contributed by atoms with E-state index < -0.39 is 40.3 Å². The van der Waals surface area contributed by atoms with Crippen LogP contribution in [0.3, 0.4) is 0 Å². The van der Waals surface area contributed by atoms with Gasteiger partial charge in [-0.15, -0.1) is 0 Å². The lowest BCUT2D eigenvalue weighted by Crippen LogP contribution is -2.54. The minimum Gasteiger partial charge on any atom is -0.490 e. The Morgan fingerprint density at radius 2 is 1.75 bits per heavy atom. The Hall–Kier alpha value is -4.74. The van der Waals surface area contributed by atoms with E-state index in [9.17, 15) is 31.2 Å². The van der Waals surface area contributed by atoms with E-state index in [4.69, 9.17) is 19.9 Å². The molecule has 1 aliphatic rings. The van der Waals surface area contributed by atoms with Crippen molar-refractivity contribution in [2.45, 2.75) is 50.2 Å². The van der Waals surface area contributed by atoms with Crippen molar-refractivity contribution >= 4 is 55.9 Å². The number of nitrogens with one attached hydrogen (secondary N) is 2. The van der Waals surface area contributed by atoms with Gasteiger partial charge in [0.2, 0.25) is 10.0 Å². The van der Waals surface area contributed by atoms with Crippen molar-refractivity contribution in [3.63, 3.8) is 0 Å². The predicted molar refractivity (Wildman–Crippen MR) is 191 cm³/mol. The number of anilines is 2. The third-order valence-corrected chi connectivity index (χ3v) is 10.9. The maximum Gasteiger partial charge on any atom is 0.491 e. The van der Waals surface area contributed by atoms with E-state index in [1.807, 2.05) is 0 Å². The number of rotatable bonds is 13. The second kappa shape index (κ2) is 15.9. The number of pyridine rings is 1. The van der Waals surface area contributed by atoms with Gasteiger partial charge in [-0.2, -0.15) is 29.2 Å². The number of alkyl halides is 3. The van der Waals surface area contributed by atoms with Gasteiger partial charge in [0.1, 0.15) is 5.82 Å². The molecule has 17 heteroatoms. The van der Waals surface area contributed by atoms with Crippen LogP contribution in [0.2, 0.25) is 0 Å². The summed E-state index contributed by atoms with van der Waals surface area (Å²) in [6.45, 7) is 5.44. The van der Waals surface area contributed by atoms with Crippen LogP contribution in [-0.2, 0) is 36.6 Å². The molecule has 12 nitrogen and oxygen atoms in total. The van der Waals surface area contributed by atoms with Gasteiger partial charge in [-0.1, -0.05) is 18.2 Å². The summed E-state index contributed by atoms with van der Waals surface area (Å²) in [5, 5.41) is 6.32. The molecule has 1 unspecified atom stereocenters. The van der Waals surface area contributed by atoms with Crippen molar-refractivity contribution < 1.29 is 45.4 Å². The molecule has 0 saturated carbocycles. The zero-order chi connectivity index (χ0) is 37.7. The van der Waals surface area contributed by atoms with Gasteiger partial charge in [0.25, 0.3) is 11.6 Å². The van der Waals surface area contributed by atoms with Gasteiger partial charge >= 0.3 is 12.1 Å². The second-order valence-corrected chi connectivity index (χ2v) is 15.0. The molecule has 52 heavy (non-hydrogen) atoms. The van der Waals surface area contributed by atoms with Crippen LogP contribution in [0.15, 0.2) is 77.8 Å². The number of esters is 1. The fourth-order valence-corrected chi connectivity index (χ4v) is 8.34. The Kier molecular flexibility index (Phi) is 11.8. The molecule has 1 aliphatic heterocycles. The molecule has 1 saturated heterocycles. The number of nitrogens with zero attached hydrogens (tertiary/aromatic N) is 2. The van der Waals surface area contributed by atoms with Crippen molar-refractivity contribution in [2.24, 2.45) is 0 Å². The number of hydrogen-bond donors (Lipinski definition) is 3. The normalized spacial score (nSPS) is 15.1. The maximum absolute atomic E-state index is 14.5. The summed E-state index contributed by atoms with van der Waals surface area (Å²) >= 11 is 1.63. The lowest BCUT2D eigenvalue weighted by molar-refractivity contribution is -0.213. The van der Waals surface area contributed by atoms with Crippen LogP contribution in [0.5, 0.6) is 11.5 Å². The zero-order valence-electron chi connectivity index (χ0n) is 28.5. The Balaban J connectivity index is 1.64. The average molecular weight is 762 g/mol. The summed E-state index contributed by atoms with van der Waals surface area (Å²) in [5.74, 6) is -2.23. The van der Waals surface area contributed by atoms with Crippen molar-refractivity contribution in [1.29, 1.82) is 0 Å². The molecule has 1 amide bonds. The summed E-state index contributed by atoms with van der Waals surface area (Å²) in [7, 11) is -3.99. The van der Waals surface area contributed by atoms with Gasteiger partial charge in [-0.25, -0.2) is 18.2 Å². The van der Waals surface area contributed by atoms with E-state index >= 15 is 0 Å². The number of benzene rings is 3. The fraction of sp³-hybridized carbons (Fsp3) is 0.343. The number of ether oxygens (including phenoxy) is 3. The topological polar surface area (TPSA) is 162 Å². The van der Waals surface area contributed by atoms with Crippen LogP contribution in [0.1, 0.15) is 31.9 Å². The van der Waals surface area contributed by atoms with Gasteiger partial charge in [-0.05, 0) is 80.3 Å². The van der Waals surface area contributed by atoms with Crippen LogP contribution in [0.25, 0.3) is 10.8 Å². The minimum atomic E-state index is -5.52. The number of halogens is 3. The molecule has 0 aliphatic carbocycles. The highest BCUT2D eigenvalue weighted by molar-refractivity contribution is 7.99. The number of nitrogens with two attached hydrogens (primary N) is 1. The first-order chi connectivity index (χ1) is 24.7. The summed E-state index contributed by atoms with van der Waals surface area (Å²) < 4.78 is 87.4. The van der Waals surface area contributed by atoms with E-state index in [1.165, 1.54) is 59.0 Å². The first-order valence-electron chi connectivity index (χ1n) is 16.3. The fourth-order valence-electron chi connectivity index (χ4n) is 5.54. The van der Waals surface area contributed by atoms with Crippen LogP contribution >= 0.6 is 11.8 Å².